The van der Waals surface area contributed by atoms with Crippen LogP contribution in [0.2, 0.25) is 0 Å². The second-order valence-electron chi connectivity index (χ2n) is 29.9. The van der Waals surface area contributed by atoms with Crippen LogP contribution in [0.4, 0.5) is 21.0 Å². The van der Waals surface area contributed by atoms with E-state index in [1.165, 1.54) is 48.2 Å². The Labute approximate surface area is 613 Å². The van der Waals surface area contributed by atoms with Crippen molar-refractivity contribution in [1.29, 1.82) is 0 Å². The van der Waals surface area contributed by atoms with Gasteiger partial charge in [-0.1, -0.05) is 12.1 Å². The molecule has 0 saturated heterocycles. The summed E-state index contributed by atoms with van der Waals surface area (Å²) in [7, 11) is 0. The monoisotopic (exact) mass is 1460 g/mol. The molecule has 0 aliphatic carbocycles. The van der Waals surface area contributed by atoms with E-state index < -0.39 is 113 Å². The normalized spacial score (nSPS) is 14.4. The highest BCUT2D eigenvalue weighted by Crippen LogP contribution is 2.38. The van der Waals surface area contributed by atoms with E-state index in [1.54, 1.807) is 154 Å². The number of aliphatic imine (C=N–C) groups is 2. The summed E-state index contributed by atoms with van der Waals surface area (Å²) in [4.78, 5) is 149. The third-order valence-corrected chi connectivity index (χ3v) is 14.7. The van der Waals surface area contributed by atoms with E-state index in [1.807, 2.05) is 0 Å². The number of aryl methyl sites for hydroxylation is 2. The molecule has 572 valence electrons. The number of fused-ring (bicyclic) bond motifs is 4. The van der Waals surface area contributed by atoms with Crippen LogP contribution in [0.15, 0.2) is 82.8 Å². The van der Waals surface area contributed by atoms with Crippen LogP contribution in [0.3, 0.4) is 0 Å². The molecule has 28 heteroatoms. The smallest absolute Gasteiger partial charge is 0.413 e. The summed E-state index contributed by atoms with van der Waals surface area (Å²) in [6.07, 6.45) is -1.04. The molecule has 28 nitrogen and oxygen atoms in total. The zero-order chi connectivity index (χ0) is 77.8. The number of carbonyl (C=O) groups is 10. The van der Waals surface area contributed by atoms with Gasteiger partial charge in [-0.3, -0.25) is 29.8 Å². The number of hydrogen-bond donors (Lipinski definition) is 2. The van der Waals surface area contributed by atoms with Gasteiger partial charge in [0.1, 0.15) is 57.5 Å². The molecule has 0 bridgehead atoms. The zero-order valence-electron chi connectivity index (χ0n) is 63.7. The maximum absolute atomic E-state index is 15.2. The number of nitrogens with zero attached hydrogens (tertiary/aromatic N) is 4. The number of ketones is 1. The maximum Gasteiger partial charge on any atom is 0.413 e. The van der Waals surface area contributed by atoms with Crippen LogP contribution in [0.25, 0.3) is 0 Å². The van der Waals surface area contributed by atoms with Crippen LogP contribution < -0.4 is 29.6 Å². The van der Waals surface area contributed by atoms with E-state index in [-0.39, 0.29) is 123 Å². The molecule has 2 aliphatic rings. The lowest BCUT2D eigenvalue weighted by Gasteiger charge is -2.33. The molecule has 4 aromatic carbocycles. The van der Waals surface area contributed by atoms with Crippen LogP contribution in [-0.2, 0) is 69.9 Å². The molecule has 105 heavy (non-hydrogen) atoms. The predicted molar refractivity (Wildman–Crippen MR) is 387 cm³/mol. The van der Waals surface area contributed by atoms with E-state index in [0.717, 1.165) is 4.90 Å². The molecule has 0 saturated carbocycles. The Morgan fingerprint density at radius 3 is 1.19 bits per heavy atom. The van der Waals surface area contributed by atoms with Crippen molar-refractivity contribution >= 4 is 82.7 Å². The first-order valence-electron chi connectivity index (χ1n) is 34.9. The van der Waals surface area contributed by atoms with Gasteiger partial charge < -0.3 is 66.6 Å². The number of ether oxygens (including phenoxy) is 12. The molecule has 0 spiro atoms. The Kier molecular flexibility index (Phi) is 29.9. The van der Waals surface area contributed by atoms with Gasteiger partial charge >= 0.3 is 42.0 Å². The first-order valence-corrected chi connectivity index (χ1v) is 34.9. The first-order chi connectivity index (χ1) is 49.0. The van der Waals surface area contributed by atoms with Crippen molar-refractivity contribution in [3.8, 4) is 23.0 Å². The summed E-state index contributed by atoms with van der Waals surface area (Å²) in [5.74, 6) is -5.90. The molecule has 0 unspecified atom stereocenters. The number of rotatable bonds is 24. The average molecular weight is 1460 g/mol. The van der Waals surface area contributed by atoms with Gasteiger partial charge in [-0.15, -0.1) is 0 Å². The predicted octanol–water partition coefficient (Wildman–Crippen LogP) is 11.7. The van der Waals surface area contributed by atoms with Crippen molar-refractivity contribution < 1.29 is 105 Å². The largest absolute Gasteiger partial charge is 0.489 e. The highest BCUT2D eigenvalue weighted by molar-refractivity contribution is 6.03. The molecule has 2 N–H and O–H groups in total. The lowest BCUT2D eigenvalue weighted by molar-refractivity contribution is -0.167. The van der Waals surface area contributed by atoms with Gasteiger partial charge in [0, 0.05) is 19.5 Å². The van der Waals surface area contributed by atoms with Crippen molar-refractivity contribution in [2.24, 2.45) is 9.98 Å². The first kappa shape index (κ1) is 84.1. The van der Waals surface area contributed by atoms with Gasteiger partial charge in [-0.2, -0.15) is 0 Å². The second kappa shape index (κ2) is 37.3. The summed E-state index contributed by atoms with van der Waals surface area (Å²) in [6, 6.07) is 15.5. The third-order valence-electron chi connectivity index (χ3n) is 14.7. The quantitative estimate of drug-likeness (QED) is 0.0164. The Morgan fingerprint density at radius 2 is 0.829 bits per heavy atom. The second-order valence-corrected chi connectivity index (χ2v) is 29.9. The minimum atomic E-state index is -1.57. The number of alkyl carbamates (subject to hydrolysis) is 2. The SMILES string of the molecule is CC(=O)C[C@@H](C(=O)OC(C)(C)C)N(CCOCCOCCOCCN(C(=O)c1cccc2c1OCCCc1cc(N=C(C)NC(=O)OC(C)(C)C)ccc1C(=O)O2)[C@@H](CC(=O)OC(C)(C)C)C(=O)OC(C)(C)C)C(=O)c1cccc2c1OCCCc1cc(N=C(C)NC(=O)OC(C)(C)C)ccc1C(=O)O2. The number of benzene rings is 4. The Balaban J connectivity index is 1.15. The fourth-order valence-electron chi connectivity index (χ4n) is 10.6. The molecule has 0 fully saturated rings. The molecule has 2 heterocycles. The minimum absolute atomic E-state index is 0.00229. The molecule has 4 amide bonds. The number of Topliss-reactive ketones (excluding diaryl/α,β-unsaturated/α-hetero) is 1. The van der Waals surface area contributed by atoms with Gasteiger partial charge in [0.05, 0.1) is 92.9 Å². The van der Waals surface area contributed by atoms with Crippen molar-refractivity contribution in [1.82, 2.24) is 20.4 Å². The fraction of sp³-hybridized carbons (Fsp3) is 0.532. The molecular formula is C77H102N6O22. The Morgan fingerprint density at radius 1 is 0.467 bits per heavy atom. The van der Waals surface area contributed by atoms with Crippen molar-refractivity contribution in [2.75, 3.05) is 65.9 Å². The van der Waals surface area contributed by atoms with Gasteiger partial charge in [0.2, 0.25) is 0 Å². The van der Waals surface area contributed by atoms with E-state index in [9.17, 15) is 38.4 Å². The number of para-hydroxylation sites is 2. The number of amidine groups is 2. The van der Waals surface area contributed by atoms with E-state index in [4.69, 9.17) is 56.8 Å². The molecule has 2 aliphatic heterocycles. The topological polar surface area (TPSA) is 337 Å². The third kappa shape index (κ3) is 28.0. The summed E-state index contributed by atoms with van der Waals surface area (Å²) < 4.78 is 70.1. The number of amides is 4. The number of carbonyl (C=O) groups excluding carboxylic acids is 10. The van der Waals surface area contributed by atoms with Crippen molar-refractivity contribution in [2.45, 2.75) is 203 Å². The van der Waals surface area contributed by atoms with Crippen LogP contribution in [0.5, 0.6) is 23.0 Å². The highest BCUT2D eigenvalue weighted by atomic mass is 16.6. The lowest BCUT2D eigenvalue weighted by atomic mass is 10.0. The number of hydrogen-bond acceptors (Lipinski definition) is 24. The molecule has 0 aromatic heterocycles. The number of nitrogens with one attached hydrogen (secondary N) is 2. The minimum Gasteiger partial charge on any atom is -0.489 e. The number of esters is 5. The van der Waals surface area contributed by atoms with Gasteiger partial charge in [0.15, 0.2) is 23.0 Å². The van der Waals surface area contributed by atoms with Crippen LogP contribution in [0.1, 0.15) is 203 Å². The van der Waals surface area contributed by atoms with Crippen LogP contribution >= 0.6 is 0 Å². The van der Waals surface area contributed by atoms with Crippen molar-refractivity contribution in [3.63, 3.8) is 0 Å². The fourth-order valence-corrected chi connectivity index (χ4v) is 10.6. The Hall–Kier alpha value is -9.80. The standard InChI is InChI=1S/C77H102N6O22/c1-47(84)43-58(69(90)102-74(7,8)9)82(65(86)56-25-19-27-60-63(56)97-35-21-23-50-44-52(29-31-54(50)67(88)99-60)78-48(2)80-71(92)104-76(13,14)15)33-37-94-39-41-96-42-40-95-38-34-83(59(70(91)103-75(10,11)12)46-62(85)101-73(4,5)6)66(87)57-26-20-28-61-64(57)98-36-22-24-51-45-53(30-32-55(51)68(89)100-61)79-49(3)81-72(93)105-77(16,17)18/h19-20,25-32,44-45,58-59H,21-24,33-43,46H2,1-18H3,(H,78,80,92)(H,79,81,93)/t58-,59-/m0/s1. The summed E-state index contributed by atoms with van der Waals surface area (Å²) in [6.45, 7) is 28.9. The maximum atomic E-state index is 15.2. The molecular weight excluding hydrogens is 1360 g/mol. The van der Waals surface area contributed by atoms with Gasteiger partial charge in [-0.25, -0.2) is 38.8 Å². The average Bonchev–Trinajstić information content (AvgIpc) is 0.798. The van der Waals surface area contributed by atoms with Crippen LogP contribution in [0, 0.1) is 0 Å². The molecule has 4 aromatic rings. The highest BCUT2D eigenvalue weighted by Gasteiger charge is 2.40. The molecule has 0 radical (unpaired) electrons. The summed E-state index contributed by atoms with van der Waals surface area (Å²) in [5.41, 5.74) is -2.18. The van der Waals surface area contributed by atoms with E-state index in [0.29, 0.717) is 48.2 Å². The lowest BCUT2D eigenvalue weighted by Crippen LogP contribution is -2.50. The van der Waals surface area contributed by atoms with Crippen LogP contribution in [-0.4, -0.2) is 187 Å². The zero-order valence-corrected chi connectivity index (χ0v) is 63.7. The molecule has 2 atom stereocenters. The van der Waals surface area contributed by atoms with Crippen molar-refractivity contribution in [3.05, 3.63) is 106 Å². The Bertz CT molecular complexity index is 3860. The molecule has 6 rings (SSSR count). The summed E-state index contributed by atoms with van der Waals surface area (Å²) in [5, 5.41) is 5.19. The summed E-state index contributed by atoms with van der Waals surface area (Å²) >= 11 is 0. The van der Waals surface area contributed by atoms with Gasteiger partial charge in [0.25, 0.3) is 11.8 Å². The van der Waals surface area contributed by atoms with E-state index in [2.05, 4.69) is 20.6 Å². The van der Waals surface area contributed by atoms with E-state index >= 15 is 9.59 Å². The van der Waals surface area contributed by atoms with Gasteiger partial charge in [-0.05, 0) is 222 Å².